The highest BCUT2D eigenvalue weighted by atomic mass is 32.2. The number of hydrogen-bond donors (Lipinski definition) is 1. The minimum atomic E-state index is -3.83. The van der Waals surface area contributed by atoms with Gasteiger partial charge in [0.05, 0.1) is 30.9 Å². The van der Waals surface area contributed by atoms with E-state index in [2.05, 4.69) is 10.3 Å². The van der Waals surface area contributed by atoms with E-state index in [1.54, 1.807) is 49.0 Å². The number of carboxylic acid groups (broad SMARTS) is 1. The van der Waals surface area contributed by atoms with Crippen LogP contribution >= 0.6 is 0 Å². The van der Waals surface area contributed by atoms with E-state index >= 15 is 0 Å². The summed E-state index contributed by atoms with van der Waals surface area (Å²) in [7, 11) is -3.83. The van der Waals surface area contributed by atoms with Crippen molar-refractivity contribution in [2.24, 2.45) is 5.41 Å². The molecule has 1 aromatic heterocycles. The van der Waals surface area contributed by atoms with Crippen molar-refractivity contribution in [1.29, 1.82) is 0 Å². The molecule has 2 heterocycles. The first-order chi connectivity index (χ1) is 18.5. The molecule has 2 atom stereocenters. The van der Waals surface area contributed by atoms with Gasteiger partial charge in [-0.2, -0.15) is 4.31 Å². The molecule has 1 aliphatic heterocycles. The highest BCUT2D eigenvalue weighted by Gasteiger charge is 2.40. The number of carbonyl (C=O) groups is 1. The Hall–Kier alpha value is -3.28. The van der Waals surface area contributed by atoms with Crippen molar-refractivity contribution in [2.75, 3.05) is 6.54 Å². The fourth-order valence-electron chi connectivity index (χ4n) is 4.58. The van der Waals surface area contributed by atoms with Crippen LogP contribution in [0.25, 0.3) is 0 Å². The summed E-state index contributed by atoms with van der Waals surface area (Å²) >= 11 is 0. The summed E-state index contributed by atoms with van der Waals surface area (Å²) in [5, 5.41) is 18.2. The summed E-state index contributed by atoms with van der Waals surface area (Å²) in [5.41, 5.74) is 1.61. The average molecular weight is 557 g/mol. The molecule has 0 saturated carbocycles. The van der Waals surface area contributed by atoms with Crippen LogP contribution in [0.2, 0.25) is 0 Å². The highest BCUT2D eigenvalue weighted by Crippen LogP contribution is 2.39. The summed E-state index contributed by atoms with van der Waals surface area (Å²) in [5.74, 6) is -0.657. The molecule has 0 aliphatic carbocycles. The first kappa shape index (κ1) is 28.7. The maximum atomic E-state index is 13.7. The van der Waals surface area contributed by atoms with Gasteiger partial charge < -0.3 is 14.6 Å². The monoisotopic (exact) mass is 556 g/mol. The topological polar surface area (TPSA) is 124 Å². The lowest BCUT2D eigenvalue weighted by Gasteiger charge is -2.31. The number of aromatic nitrogens is 3. The lowest BCUT2D eigenvalue weighted by Crippen LogP contribution is -2.36. The lowest BCUT2D eigenvalue weighted by atomic mass is 9.81. The Kier molecular flexibility index (Phi) is 8.43. The normalized spacial score (nSPS) is 18.1. The number of carboxylic acids is 1. The second kappa shape index (κ2) is 11.4. The molecule has 39 heavy (non-hydrogen) atoms. The third-order valence-electron chi connectivity index (χ3n) is 7.16. The average Bonchev–Trinajstić information content (AvgIpc) is 3.33. The predicted octanol–water partition coefficient (Wildman–Crippen LogP) is 4.34. The second-order valence-corrected chi connectivity index (χ2v) is 12.3. The van der Waals surface area contributed by atoms with Gasteiger partial charge in [-0.3, -0.25) is 9.48 Å². The molecule has 0 radical (unpaired) electrons. The first-order valence-corrected chi connectivity index (χ1v) is 14.5. The Morgan fingerprint density at radius 1 is 1.23 bits per heavy atom. The van der Waals surface area contributed by atoms with Gasteiger partial charge in [-0.1, -0.05) is 42.5 Å². The standard InChI is InChI=1S/C28H36N4O6S/c1-6-23-17-32(39(35,36)25-11-9-8-10-24(25)38-23)15-21-14-20(13-12-19(21)3)26(28(4,5)27(33)34)37-18-22-16-31(7-2)30-29-22/h8-14,16,23,26H,6-7,15,17-18H2,1-5H3,(H,33,34)/t23-,26-/m1/s1. The maximum absolute atomic E-state index is 13.7. The minimum absolute atomic E-state index is 0.0807. The molecule has 0 unspecified atom stereocenters. The summed E-state index contributed by atoms with van der Waals surface area (Å²) in [4.78, 5) is 12.4. The van der Waals surface area contributed by atoms with Gasteiger partial charge in [0.15, 0.2) is 0 Å². The molecule has 0 saturated heterocycles. The van der Waals surface area contributed by atoms with Crippen molar-refractivity contribution in [3.63, 3.8) is 0 Å². The van der Waals surface area contributed by atoms with Crippen LogP contribution in [0.3, 0.4) is 0 Å². The summed E-state index contributed by atoms with van der Waals surface area (Å²) in [6.45, 7) is 10.1. The number of nitrogens with zero attached hydrogens (tertiary/aromatic N) is 4. The van der Waals surface area contributed by atoms with Crippen LogP contribution in [0, 0.1) is 12.3 Å². The van der Waals surface area contributed by atoms with Crippen LogP contribution < -0.4 is 4.74 Å². The van der Waals surface area contributed by atoms with E-state index in [4.69, 9.17) is 9.47 Å². The Labute approximate surface area is 229 Å². The number of aliphatic carboxylic acids is 1. The Balaban J connectivity index is 1.68. The Bertz CT molecular complexity index is 1440. The lowest BCUT2D eigenvalue weighted by molar-refractivity contribution is -0.158. The summed E-state index contributed by atoms with van der Waals surface area (Å²) in [6.07, 6.45) is 1.28. The van der Waals surface area contributed by atoms with Crippen molar-refractivity contribution in [3.05, 3.63) is 71.0 Å². The second-order valence-electron chi connectivity index (χ2n) is 10.4. The van der Waals surface area contributed by atoms with E-state index in [9.17, 15) is 18.3 Å². The maximum Gasteiger partial charge on any atom is 0.312 e. The number of sulfonamides is 1. The van der Waals surface area contributed by atoms with Crippen LogP contribution in [0.1, 0.15) is 62.6 Å². The van der Waals surface area contributed by atoms with E-state index in [1.165, 1.54) is 4.31 Å². The quantitative estimate of drug-likeness (QED) is 0.391. The molecule has 1 N–H and O–H groups in total. The van der Waals surface area contributed by atoms with Crippen LogP contribution in [0.4, 0.5) is 0 Å². The van der Waals surface area contributed by atoms with E-state index in [0.717, 1.165) is 11.1 Å². The Morgan fingerprint density at radius 3 is 2.64 bits per heavy atom. The Morgan fingerprint density at radius 2 is 1.97 bits per heavy atom. The van der Waals surface area contributed by atoms with Gasteiger partial charge in [0.2, 0.25) is 10.0 Å². The molecule has 10 nitrogen and oxygen atoms in total. The fourth-order valence-corrected chi connectivity index (χ4v) is 6.15. The number of rotatable bonds is 10. The van der Waals surface area contributed by atoms with Gasteiger partial charge in [0.1, 0.15) is 22.4 Å². The van der Waals surface area contributed by atoms with Crippen LogP contribution in [-0.4, -0.2) is 51.4 Å². The third kappa shape index (κ3) is 6.00. The molecule has 4 rings (SSSR count). The SMILES string of the molecule is CC[C@@H]1CN(Cc2cc([C@@H](OCc3cn(CC)nn3)C(C)(C)C(=O)O)ccc2C)S(=O)(=O)c2ccccc2O1. The van der Waals surface area contributed by atoms with Crippen molar-refractivity contribution in [2.45, 2.75) is 77.8 Å². The molecule has 0 spiro atoms. The van der Waals surface area contributed by atoms with Crippen molar-refractivity contribution < 1.29 is 27.8 Å². The van der Waals surface area contributed by atoms with Gasteiger partial charge >= 0.3 is 5.97 Å². The number of para-hydroxylation sites is 1. The number of aryl methyl sites for hydroxylation is 2. The molecule has 0 bridgehead atoms. The van der Waals surface area contributed by atoms with Gasteiger partial charge in [0, 0.05) is 13.1 Å². The predicted molar refractivity (Wildman–Crippen MR) is 145 cm³/mol. The zero-order valence-electron chi connectivity index (χ0n) is 23.0. The fraction of sp³-hybridized carbons (Fsp3) is 0.464. The van der Waals surface area contributed by atoms with E-state index < -0.39 is 27.5 Å². The van der Waals surface area contributed by atoms with Gasteiger partial charge in [-0.15, -0.1) is 5.10 Å². The summed E-state index contributed by atoms with van der Waals surface area (Å²) < 4.78 is 42.7. The zero-order valence-corrected chi connectivity index (χ0v) is 23.8. The number of hydrogen-bond acceptors (Lipinski definition) is 7. The number of ether oxygens (including phenoxy) is 2. The zero-order chi connectivity index (χ0) is 28.4. The number of fused-ring (bicyclic) bond motifs is 1. The first-order valence-electron chi connectivity index (χ1n) is 13.1. The highest BCUT2D eigenvalue weighted by molar-refractivity contribution is 7.89. The van der Waals surface area contributed by atoms with Crippen molar-refractivity contribution in [1.82, 2.24) is 19.3 Å². The minimum Gasteiger partial charge on any atom is -0.488 e. The van der Waals surface area contributed by atoms with E-state index in [0.29, 0.717) is 30.0 Å². The van der Waals surface area contributed by atoms with E-state index in [1.807, 2.05) is 39.0 Å². The van der Waals surface area contributed by atoms with Crippen LogP contribution in [0.15, 0.2) is 53.6 Å². The van der Waals surface area contributed by atoms with Gasteiger partial charge in [-0.25, -0.2) is 8.42 Å². The molecule has 2 aromatic carbocycles. The molecule has 210 valence electrons. The molecule has 1 aliphatic rings. The van der Waals surface area contributed by atoms with Crippen molar-refractivity contribution in [3.8, 4) is 5.75 Å². The van der Waals surface area contributed by atoms with Crippen LogP contribution in [0.5, 0.6) is 5.75 Å². The smallest absolute Gasteiger partial charge is 0.312 e. The largest absolute Gasteiger partial charge is 0.488 e. The van der Waals surface area contributed by atoms with Crippen molar-refractivity contribution >= 4 is 16.0 Å². The van der Waals surface area contributed by atoms with E-state index in [-0.39, 0.29) is 30.7 Å². The molecule has 11 heteroatoms. The molecular formula is C28H36N4O6S. The third-order valence-corrected chi connectivity index (χ3v) is 9.01. The summed E-state index contributed by atoms with van der Waals surface area (Å²) in [6, 6.07) is 12.2. The number of benzene rings is 2. The molecule has 0 fully saturated rings. The molecule has 3 aromatic rings. The van der Waals surface area contributed by atoms with Crippen LogP contribution in [-0.2, 0) is 39.3 Å². The van der Waals surface area contributed by atoms with Gasteiger partial charge in [-0.05, 0) is 62.9 Å². The van der Waals surface area contributed by atoms with Gasteiger partial charge in [0.25, 0.3) is 0 Å². The molecular weight excluding hydrogens is 520 g/mol. The molecule has 0 amide bonds.